The fourth-order valence-electron chi connectivity index (χ4n) is 3.30. The van der Waals surface area contributed by atoms with Crippen LogP contribution in [0.15, 0.2) is 48.8 Å². The topological polar surface area (TPSA) is 83.6 Å². The summed E-state index contributed by atoms with van der Waals surface area (Å²) in [7, 11) is 1.55. The fourth-order valence-corrected chi connectivity index (χ4v) is 3.30. The number of methoxy groups -OCH3 is 1. The number of rotatable bonds is 6. The highest BCUT2D eigenvalue weighted by Crippen LogP contribution is 2.19. The number of nitrogens with one attached hydrogen (secondary N) is 2. The Kier molecular flexibility index (Phi) is 6.97. The number of pyridine rings is 1. The number of piperidine rings is 1. The summed E-state index contributed by atoms with van der Waals surface area (Å²) in [5.74, 6) is -0.260. The van der Waals surface area contributed by atoms with E-state index in [-0.39, 0.29) is 0 Å². The highest BCUT2D eigenvalue weighted by atomic mass is 16.5. The van der Waals surface area contributed by atoms with E-state index in [1.807, 2.05) is 24.5 Å². The first-order valence-electron chi connectivity index (χ1n) is 9.48. The molecule has 1 aromatic carbocycles. The van der Waals surface area contributed by atoms with Crippen molar-refractivity contribution in [3.05, 3.63) is 54.4 Å². The highest BCUT2D eigenvalue weighted by Gasteiger charge is 2.21. The van der Waals surface area contributed by atoms with Gasteiger partial charge in [-0.3, -0.25) is 19.5 Å². The molecule has 7 nitrogen and oxygen atoms in total. The molecule has 1 aromatic heterocycles. The Balaban J connectivity index is 1.38. The summed E-state index contributed by atoms with van der Waals surface area (Å²) >= 11 is 0. The smallest absolute Gasteiger partial charge is 0.313 e. The number of carbonyl (C=O) groups excluding carboxylic acids is 2. The van der Waals surface area contributed by atoms with E-state index in [0.29, 0.717) is 23.9 Å². The maximum atomic E-state index is 12.1. The van der Waals surface area contributed by atoms with Gasteiger partial charge in [-0.15, -0.1) is 0 Å². The standard InChI is InChI=1S/C21H26N4O3/c1-28-19-4-2-3-18(13-19)24-21(27)20(26)23-14-16-7-11-25(12-8-16)15-17-5-9-22-10-6-17/h2-6,9-10,13,16H,7-8,11-12,14-15H2,1H3,(H,23,26)(H,24,27). The Labute approximate surface area is 165 Å². The SMILES string of the molecule is COc1cccc(NC(=O)C(=O)NCC2CCN(Cc3ccncc3)CC2)c1. The van der Waals surface area contributed by atoms with Crippen LogP contribution >= 0.6 is 0 Å². The lowest BCUT2D eigenvalue weighted by Gasteiger charge is -2.32. The first-order chi connectivity index (χ1) is 13.6. The van der Waals surface area contributed by atoms with Crippen LogP contribution in [0.5, 0.6) is 5.75 Å². The fraction of sp³-hybridized carbons (Fsp3) is 0.381. The van der Waals surface area contributed by atoms with Crippen molar-refractivity contribution < 1.29 is 14.3 Å². The van der Waals surface area contributed by atoms with Crippen LogP contribution in [0.2, 0.25) is 0 Å². The van der Waals surface area contributed by atoms with E-state index in [2.05, 4.69) is 20.5 Å². The minimum atomic E-state index is -0.664. The molecule has 0 spiro atoms. The van der Waals surface area contributed by atoms with Crippen molar-refractivity contribution in [2.45, 2.75) is 19.4 Å². The molecule has 2 heterocycles. The third-order valence-corrected chi connectivity index (χ3v) is 4.95. The van der Waals surface area contributed by atoms with Gasteiger partial charge in [0.2, 0.25) is 0 Å². The van der Waals surface area contributed by atoms with Crippen LogP contribution in [0.1, 0.15) is 18.4 Å². The van der Waals surface area contributed by atoms with E-state index in [9.17, 15) is 9.59 Å². The molecular weight excluding hydrogens is 356 g/mol. The third kappa shape index (κ3) is 5.79. The number of nitrogens with zero attached hydrogens (tertiary/aromatic N) is 2. The van der Waals surface area contributed by atoms with E-state index in [4.69, 9.17) is 4.74 Å². The monoisotopic (exact) mass is 382 g/mol. The molecular formula is C21H26N4O3. The predicted octanol–water partition coefficient (Wildman–Crippen LogP) is 2.06. The number of anilines is 1. The van der Waals surface area contributed by atoms with Gasteiger partial charge in [-0.1, -0.05) is 6.07 Å². The molecule has 28 heavy (non-hydrogen) atoms. The van der Waals surface area contributed by atoms with Crippen LogP contribution in [0.4, 0.5) is 5.69 Å². The molecule has 7 heteroatoms. The van der Waals surface area contributed by atoms with Crippen LogP contribution in [-0.2, 0) is 16.1 Å². The molecule has 0 unspecified atom stereocenters. The van der Waals surface area contributed by atoms with Gasteiger partial charge in [0.1, 0.15) is 5.75 Å². The van der Waals surface area contributed by atoms with Crippen molar-refractivity contribution in [1.82, 2.24) is 15.2 Å². The first kappa shape index (κ1) is 19.8. The van der Waals surface area contributed by atoms with Gasteiger partial charge in [0.05, 0.1) is 7.11 Å². The maximum absolute atomic E-state index is 12.1. The van der Waals surface area contributed by atoms with Gasteiger partial charge in [-0.05, 0) is 61.7 Å². The molecule has 0 aliphatic carbocycles. The van der Waals surface area contributed by atoms with Crippen molar-refractivity contribution in [3.8, 4) is 5.75 Å². The van der Waals surface area contributed by atoms with E-state index in [1.54, 1.807) is 31.4 Å². The Morgan fingerprint density at radius 3 is 2.61 bits per heavy atom. The molecule has 2 N–H and O–H groups in total. The molecule has 1 aliphatic rings. The largest absolute Gasteiger partial charge is 0.497 e. The summed E-state index contributed by atoms with van der Waals surface area (Å²) in [5, 5.41) is 5.35. The van der Waals surface area contributed by atoms with Crippen LogP contribution in [-0.4, -0.2) is 48.4 Å². The zero-order valence-corrected chi connectivity index (χ0v) is 16.1. The van der Waals surface area contributed by atoms with Gasteiger partial charge in [0.15, 0.2) is 0 Å². The number of carbonyl (C=O) groups is 2. The lowest BCUT2D eigenvalue weighted by molar-refractivity contribution is -0.136. The summed E-state index contributed by atoms with van der Waals surface area (Å²) in [6.45, 7) is 3.41. The van der Waals surface area contributed by atoms with Crippen LogP contribution < -0.4 is 15.4 Å². The van der Waals surface area contributed by atoms with E-state index < -0.39 is 11.8 Å². The average molecular weight is 382 g/mol. The molecule has 2 amide bonds. The first-order valence-corrected chi connectivity index (χ1v) is 9.48. The van der Waals surface area contributed by atoms with Gasteiger partial charge in [-0.25, -0.2) is 0 Å². The zero-order valence-electron chi connectivity index (χ0n) is 16.1. The Morgan fingerprint density at radius 1 is 1.14 bits per heavy atom. The molecule has 0 atom stereocenters. The maximum Gasteiger partial charge on any atom is 0.313 e. The minimum Gasteiger partial charge on any atom is -0.497 e. The third-order valence-electron chi connectivity index (χ3n) is 4.95. The number of hydrogen-bond acceptors (Lipinski definition) is 5. The number of ether oxygens (including phenoxy) is 1. The summed E-state index contributed by atoms with van der Waals surface area (Å²) in [5.41, 5.74) is 1.79. The van der Waals surface area contributed by atoms with Crippen LogP contribution in [0.25, 0.3) is 0 Å². The van der Waals surface area contributed by atoms with E-state index >= 15 is 0 Å². The number of amides is 2. The molecule has 0 bridgehead atoms. The normalized spacial score (nSPS) is 15.0. The van der Waals surface area contributed by atoms with Crippen LogP contribution in [0.3, 0.4) is 0 Å². The Bertz CT molecular complexity index is 789. The molecule has 2 aromatic rings. The van der Waals surface area contributed by atoms with E-state index in [0.717, 1.165) is 32.5 Å². The van der Waals surface area contributed by atoms with E-state index in [1.165, 1.54) is 5.56 Å². The van der Waals surface area contributed by atoms with Gasteiger partial charge in [0.25, 0.3) is 0 Å². The molecule has 1 saturated heterocycles. The van der Waals surface area contributed by atoms with Crippen molar-refractivity contribution in [1.29, 1.82) is 0 Å². The second kappa shape index (κ2) is 9.85. The molecule has 3 rings (SSSR count). The van der Waals surface area contributed by atoms with Crippen molar-refractivity contribution in [2.75, 3.05) is 32.1 Å². The Morgan fingerprint density at radius 2 is 1.89 bits per heavy atom. The summed E-state index contributed by atoms with van der Waals surface area (Å²) in [4.78, 5) is 30.6. The molecule has 1 aliphatic heterocycles. The summed E-state index contributed by atoms with van der Waals surface area (Å²) in [6, 6.07) is 11.0. The van der Waals surface area contributed by atoms with Crippen LogP contribution in [0, 0.1) is 5.92 Å². The molecule has 1 fully saturated rings. The summed E-state index contributed by atoms with van der Waals surface area (Å²) < 4.78 is 5.11. The lowest BCUT2D eigenvalue weighted by atomic mass is 9.96. The van der Waals surface area contributed by atoms with Gasteiger partial charge in [0, 0.05) is 37.2 Å². The number of hydrogen-bond donors (Lipinski definition) is 2. The number of benzene rings is 1. The minimum absolute atomic E-state index is 0.391. The number of likely N-dealkylation sites (tertiary alicyclic amines) is 1. The van der Waals surface area contributed by atoms with Gasteiger partial charge in [-0.2, -0.15) is 0 Å². The lowest BCUT2D eigenvalue weighted by Crippen LogP contribution is -2.41. The molecule has 0 radical (unpaired) electrons. The quantitative estimate of drug-likeness (QED) is 0.747. The highest BCUT2D eigenvalue weighted by molar-refractivity contribution is 6.39. The second-order valence-corrected chi connectivity index (χ2v) is 6.97. The average Bonchev–Trinajstić information content (AvgIpc) is 2.74. The zero-order chi connectivity index (χ0) is 19.8. The van der Waals surface area contributed by atoms with Crippen molar-refractivity contribution in [2.24, 2.45) is 5.92 Å². The van der Waals surface area contributed by atoms with Crippen molar-refractivity contribution >= 4 is 17.5 Å². The Hall–Kier alpha value is -2.93. The molecule has 0 saturated carbocycles. The second-order valence-electron chi connectivity index (χ2n) is 6.97. The number of aromatic nitrogens is 1. The van der Waals surface area contributed by atoms with Gasteiger partial charge >= 0.3 is 11.8 Å². The summed E-state index contributed by atoms with van der Waals surface area (Å²) in [6.07, 6.45) is 5.63. The molecule has 148 valence electrons. The predicted molar refractivity (Wildman–Crippen MR) is 107 cm³/mol. The van der Waals surface area contributed by atoms with Gasteiger partial charge < -0.3 is 15.4 Å². The van der Waals surface area contributed by atoms with Crippen molar-refractivity contribution in [3.63, 3.8) is 0 Å².